The van der Waals surface area contributed by atoms with Crippen LogP contribution in [0, 0.1) is 0 Å². The van der Waals surface area contributed by atoms with Gasteiger partial charge in [-0.05, 0) is 72.2 Å². The number of hydrogen-bond acceptors (Lipinski definition) is 7. The van der Waals surface area contributed by atoms with E-state index in [-0.39, 0.29) is 30.3 Å². The third-order valence-corrected chi connectivity index (χ3v) is 5.70. The van der Waals surface area contributed by atoms with Gasteiger partial charge in [0.15, 0.2) is 0 Å². The van der Waals surface area contributed by atoms with Crippen molar-refractivity contribution in [3.63, 3.8) is 0 Å². The van der Waals surface area contributed by atoms with E-state index < -0.39 is 36.9 Å². The summed E-state index contributed by atoms with van der Waals surface area (Å²) in [6.07, 6.45) is -4.27. The molecule has 0 saturated carbocycles. The van der Waals surface area contributed by atoms with Crippen LogP contribution in [0.1, 0.15) is 34.3 Å². The molecule has 7 nitrogen and oxygen atoms in total. The first-order valence-electron chi connectivity index (χ1n) is 12.3. The van der Waals surface area contributed by atoms with Gasteiger partial charge in [0.05, 0.1) is 18.8 Å². The van der Waals surface area contributed by atoms with Crippen LogP contribution >= 0.6 is 0 Å². The van der Waals surface area contributed by atoms with Gasteiger partial charge in [-0.25, -0.2) is 9.59 Å². The summed E-state index contributed by atoms with van der Waals surface area (Å²) >= 11 is 0. The lowest BCUT2D eigenvalue weighted by atomic mass is 10.1. The Labute approximate surface area is 232 Å². The number of alkyl halides is 5. The fourth-order valence-corrected chi connectivity index (χ4v) is 3.44. The molecule has 0 aliphatic carbocycles. The number of hydrogen-bond donors (Lipinski definition) is 2. The summed E-state index contributed by atoms with van der Waals surface area (Å²) in [7, 11) is 0. The number of benzene rings is 3. The van der Waals surface area contributed by atoms with E-state index in [0.29, 0.717) is 23.4 Å². The zero-order valence-electron chi connectivity index (χ0n) is 21.6. The lowest BCUT2D eigenvalue weighted by Crippen LogP contribution is -2.36. The molecule has 0 unspecified atom stereocenters. The molecule has 0 atom stereocenters. The van der Waals surface area contributed by atoms with Crippen LogP contribution in [0.4, 0.5) is 33.3 Å². The second-order valence-electron chi connectivity index (χ2n) is 8.85. The molecule has 3 rings (SSSR count). The zero-order chi connectivity index (χ0) is 30.0. The zero-order valence-corrected chi connectivity index (χ0v) is 21.6. The molecule has 4 N–H and O–H groups in total. The predicted molar refractivity (Wildman–Crippen MR) is 143 cm³/mol. The number of halogens is 5. The maximum atomic E-state index is 12.9. The minimum Gasteiger partial charge on any atom is -0.494 e. The van der Waals surface area contributed by atoms with Crippen LogP contribution in [0.25, 0.3) is 6.08 Å². The van der Waals surface area contributed by atoms with E-state index in [4.69, 9.17) is 25.7 Å². The number of rotatable bonds is 12. The Hall–Kier alpha value is -4.61. The summed E-state index contributed by atoms with van der Waals surface area (Å²) in [4.78, 5) is 24.4. The van der Waals surface area contributed by atoms with E-state index in [9.17, 15) is 31.5 Å². The first-order valence-corrected chi connectivity index (χ1v) is 12.3. The minimum atomic E-state index is -5.60. The third kappa shape index (κ3) is 9.52. The fourth-order valence-electron chi connectivity index (χ4n) is 3.44. The molecule has 0 heterocycles. The van der Waals surface area contributed by atoms with Gasteiger partial charge in [-0.15, -0.1) is 0 Å². The number of nitrogen functional groups attached to an aromatic ring is 2. The standard InChI is InChI=1S/C29H27F5N2O5/c30-28(31,29(32,33)34)15-1-16-39-23-9-11-24(12-10-23)41-27(38)21-5-2-19(3-6-21)4-13-26(37)40-17-14-20-7-8-22(35)18-25(20)36/h2-13,18H,1,14-17,35-36H2/b13-4+. The van der Waals surface area contributed by atoms with Gasteiger partial charge in [-0.3, -0.25) is 0 Å². The van der Waals surface area contributed by atoms with Gasteiger partial charge in [0.1, 0.15) is 11.5 Å². The minimum absolute atomic E-state index is 0.135. The molecule has 0 aliphatic rings. The van der Waals surface area contributed by atoms with Gasteiger partial charge in [-0.1, -0.05) is 18.2 Å². The van der Waals surface area contributed by atoms with Gasteiger partial charge in [0, 0.05) is 30.3 Å². The molecule has 0 fully saturated rings. The monoisotopic (exact) mass is 578 g/mol. The van der Waals surface area contributed by atoms with Gasteiger partial charge in [0.2, 0.25) is 0 Å². The van der Waals surface area contributed by atoms with Crippen LogP contribution in [0.5, 0.6) is 11.5 Å². The van der Waals surface area contributed by atoms with Gasteiger partial charge in [0.25, 0.3) is 0 Å². The van der Waals surface area contributed by atoms with Crippen molar-refractivity contribution >= 4 is 29.4 Å². The van der Waals surface area contributed by atoms with Crippen molar-refractivity contribution in [2.45, 2.75) is 31.4 Å². The highest BCUT2D eigenvalue weighted by molar-refractivity contribution is 5.91. The summed E-state index contributed by atoms with van der Waals surface area (Å²) in [6.45, 7) is -0.210. The molecule has 0 aliphatic heterocycles. The number of carbonyl (C=O) groups is 2. The van der Waals surface area contributed by atoms with E-state index in [2.05, 4.69) is 0 Å². The molecule has 218 valence electrons. The van der Waals surface area contributed by atoms with E-state index in [0.717, 1.165) is 5.56 Å². The first kappa shape index (κ1) is 30.9. The number of anilines is 2. The average Bonchev–Trinajstić information content (AvgIpc) is 2.91. The Kier molecular flexibility index (Phi) is 10.3. The van der Waals surface area contributed by atoms with Gasteiger partial charge in [-0.2, -0.15) is 22.0 Å². The smallest absolute Gasteiger partial charge is 0.453 e. The van der Waals surface area contributed by atoms with E-state index in [1.54, 1.807) is 30.3 Å². The summed E-state index contributed by atoms with van der Waals surface area (Å²) in [5, 5.41) is 0. The molecule has 3 aromatic carbocycles. The molecule has 0 amide bonds. The van der Waals surface area contributed by atoms with Crippen LogP contribution in [0.15, 0.2) is 72.8 Å². The Morgan fingerprint density at radius 1 is 0.829 bits per heavy atom. The fraction of sp³-hybridized carbons (Fsp3) is 0.241. The molecule has 0 saturated heterocycles. The van der Waals surface area contributed by atoms with Crippen LogP contribution in [0.2, 0.25) is 0 Å². The number of carbonyl (C=O) groups excluding carboxylic acids is 2. The summed E-state index contributed by atoms with van der Waals surface area (Å²) in [5.74, 6) is -5.61. The SMILES string of the molecule is Nc1ccc(CCOC(=O)/C=C/c2ccc(C(=O)Oc3ccc(OCCCC(F)(F)C(F)(F)F)cc3)cc2)c(N)c1. The van der Waals surface area contributed by atoms with Gasteiger partial charge < -0.3 is 25.7 Å². The van der Waals surface area contributed by atoms with E-state index in [1.807, 2.05) is 0 Å². The highest BCUT2D eigenvalue weighted by Gasteiger charge is 2.56. The van der Waals surface area contributed by atoms with Crippen LogP contribution in [-0.4, -0.2) is 37.3 Å². The first-order chi connectivity index (χ1) is 19.3. The van der Waals surface area contributed by atoms with E-state index >= 15 is 0 Å². The van der Waals surface area contributed by atoms with Crippen molar-refractivity contribution in [1.82, 2.24) is 0 Å². The lowest BCUT2D eigenvalue weighted by molar-refractivity contribution is -0.284. The molecule has 41 heavy (non-hydrogen) atoms. The van der Waals surface area contributed by atoms with Crippen molar-refractivity contribution in [2.24, 2.45) is 0 Å². The molecule has 0 radical (unpaired) electrons. The van der Waals surface area contributed by atoms with Crippen molar-refractivity contribution < 1.29 is 45.8 Å². The molecular weight excluding hydrogens is 551 g/mol. The summed E-state index contributed by atoms with van der Waals surface area (Å²) in [5.41, 5.74) is 14.3. The van der Waals surface area contributed by atoms with Crippen molar-refractivity contribution in [2.75, 3.05) is 24.7 Å². The molecule has 0 bridgehead atoms. The second-order valence-corrected chi connectivity index (χ2v) is 8.85. The van der Waals surface area contributed by atoms with Crippen LogP contribution < -0.4 is 20.9 Å². The maximum Gasteiger partial charge on any atom is 0.453 e. The second kappa shape index (κ2) is 13.6. The quantitative estimate of drug-likeness (QED) is 0.0655. The highest BCUT2D eigenvalue weighted by Crippen LogP contribution is 2.38. The molecule has 0 aromatic heterocycles. The van der Waals surface area contributed by atoms with Crippen molar-refractivity contribution in [3.05, 3.63) is 89.5 Å². The molecule has 12 heteroatoms. The Morgan fingerprint density at radius 3 is 2.12 bits per heavy atom. The molecule has 0 spiro atoms. The number of ether oxygens (including phenoxy) is 3. The molecular formula is C29H27F5N2O5. The summed E-state index contributed by atoms with van der Waals surface area (Å²) < 4.78 is 78.0. The topological polar surface area (TPSA) is 114 Å². The maximum absolute atomic E-state index is 12.9. The van der Waals surface area contributed by atoms with Crippen LogP contribution in [0.3, 0.4) is 0 Å². The Bertz CT molecular complexity index is 1360. The molecule has 3 aromatic rings. The number of nitrogens with two attached hydrogens (primary N) is 2. The van der Waals surface area contributed by atoms with Crippen molar-refractivity contribution in [3.8, 4) is 11.5 Å². The lowest BCUT2D eigenvalue weighted by Gasteiger charge is -2.19. The predicted octanol–water partition coefficient (Wildman–Crippen LogP) is 6.23. The largest absolute Gasteiger partial charge is 0.494 e. The Morgan fingerprint density at radius 2 is 1.49 bits per heavy atom. The third-order valence-electron chi connectivity index (χ3n) is 5.70. The van der Waals surface area contributed by atoms with Gasteiger partial charge >= 0.3 is 24.0 Å². The van der Waals surface area contributed by atoms with Crippen LogP contribution in [-0.2, 0) is 16.0 Å². The number of esters is 2. The normalized spacial score (nSPS) is 11.8. The average molecular weight is 579 g/mol. The highest BCUT2D eigenvalue weighted by atomic mass is 19.4. The van der Waals surface area contributed by atoms with Crippen molar-refractivity contribution in [1.29, 1.82) is 0 Å². The van der Waals surface area contributed by atoms with E-state index in [1.165, 1.54) is 48.6 Å². The summed E-state index contributed by atoms with van der Waals surface area (Å²) in [6, 6.07) is 16.9. The Balaban J connectivity index is 1.41.